The van der Waals surface area contributed by atoms with Gasteiger partial charge in [0.15, 0.2) is 0 Å². The molecule has 0 spiro atoms. The molecule has 0 heterocycles. The first-order valence-electron chi connectivity index (χ1n) is 12.5. The number of sulfonamides is 1. The number of carbonyl (C=O) groups excluding carboxylic acids is 2. The van der Waals surface area contributed by atoms with E-state index in [4.69, 9.17) is 9.47 Å². The molecule has 0 unspecified atom stereocenters. The molecule has 0 saturated heterocycles. The molecule has 2 amide bonds. The van der Waals surface area contributed by atoms with Crippen molar-refractivity contribution in [1.29, 1.82) is 0 Å². The minimum atomic E-state index is -3.88. The van der Waals surface area contributed by atoms with Gasteiger partial charge in [-0.25, -0.2) is 8.42 Å². The Hall–Kier alpha value is -3.27. The molecule has 0 radical (unpaired) electrons. The second-order valence-corrected chi connectivity index (χ2v) is 11.2. The van der Waals surface area contributed by atoms with Crippen molar-refractivity contribution in [2.75, 3.05) is 31.3 Å². The second kappa shape index (κ2) is 12.8. The Morgan fingerprint density at radius 2 is 1.70 bits per heavy atom. The molecular formula is C27H37N3O6S. The third kappa shape index (κ3) is 7.61. The molecule has 1 atom stereocenters. The van der Waals surface area contributed by atoms with Gasteiger partial charge in [0.2, 0.25) is 21.8 Å². The van der Waals surface area contributed by atoms with Crippen LogP contribution in [0.4, 0.5) is 5.69 Å². The van der Waals surface area contributed by atoms with Crippen LogP contribution in [0.15, 0.2) is 48.5 Å². The van der Waals surface area contributed by atoms with Crippen molar-refractivity contribution >= 4 is 27.5 Å². The van der Waals surface area contributed by atoms with Crippen molar-refractivity contribution in [3.8, 4) is 11.5 Å². The summed E-state index contributed by atoms with van der Waals surface area (Å²) in [4.78, 5) is 28.3. The summed E-state index contributed by atoms with van der Waals surface area (Å²) in [6.07, 6.45) is 6.17. The summed E-state index contributed by atoms with van der Waals surface area (Å²) in [5, 5.41) is 3.09. The van der Waals surface area contributed by atoms with Crippen molar-refractivity contribution in [2.45, 2.75) is 57.7 Å². The molecule has 1 saturated carbocycles. The van der Waals surface area contributed by atoms with Crippen molar-refractivity contribution in [1.82, 2.24) is 10.2 Å². The Morgan fingerprint density at radius 1 is 1.03 bits per heavy atom. The van der Waals surface area contributed by atoms with Gasteiger partial charge < -0.3 is 19.7 Å². The lowest BCUT2D eigenvalue weighted by atomic mass is 9.95. The maximum Gasteiger partial charge on any atom is 0.244 e. The molecule has 0 aromatic heterocycles. The zero-order valence-corrected chi connectivity index (χ0v) is 22.8. The fourth-order valence-corrected chi connectivity index (χ4v) is 5.37. The van der Waals surface area contributed by atoms with Gasteiger partial charge in [0.05, 0.1) is 26.2 Å². The lowest BCUT2D eigenvalue weighted by Gasteiger charge is -2.33. The van der Waals surface area contributed by atoms with E-state index in [1.165, 1.54) is 25.2 Å². The van der Waals surface area contributed by atoms with E-state index in [2.05, 4.69) is 5.32 Å². The Balaban J connectivity index is 1.90. The minimum absolute atomic E-state index is 0.0912. The van der Waals surface area contributed by atoms with Crippen LogP contribution in [0.5, 0.6) is 11.5 Å². The molecular weight excluding hydrogens is 494 g/mol. The number of amides is 2. The molecule has 2 aromatic carbocycles. The molecule has 1 fully saturated rings. The number of hydrogen-bond acceptors (Lipinski definition) is 6. The number of ether oxygens (including phenoxy) is 2. The van der Waals surface area contributed by atoms with Crippen LogP contribution >= 0.6 is 0 Å². The first-order chi connectivity index (χ1) is 17.6. The maximum absolute atomic E-state index is 13.7. The molecule has 1 aliphatic carbocycles. The van der Waals surface area contributed by atoms with Gasteiger partial charge in [0.25, 0.3) is 0 Å². The van der Waals surface area contributed by atoms with Gasteiger partial charge in [-0.15, -0.1) is 0 Å². The molecule has 2 aromatic rings. The Bertz CT molecular complexity index is 1170. The van der Waals surface area contributed by atoms with Gasteiger partial charge in [0, 0.05) is 18.7 Å². The van der Waals surface area contributed by atoms with Gasteiger partial charge in [-0.3, -0.25) is 13.9 Å². The predicted molar refractivity (Wildman–Crippen MR) is 143 cm³/mol. The monoisotopic (exact) mass is 531 g/mol. The van der Waals surface area contributed by atoms with Crippen LogP contribution in [-0.2, 0) is 26.2 Å². The highest BCUT2D eigenvalue weighted by Gasteiger charge is 2.32. The zero-order valence-electron chi connectivity index (χ0n) is 22.0. The van der Waals surface area contributed by atoms with Gasteiger partial charge >= 0.3 is 0 Å². The fourth-order valence-electron chi connectivity index (χ4n) is 4.52. The van der Waals surface area contributed by atoms with Crippen LogP contribution in [0.3, 0.4) is 0 Å². The van der Waals surface area contributed by atoms with Crippen LogP contribution in [0.1, 0.15) is 44.6 Å². The SMILES string of the molecule is COc1ccc(N(CC(=O)N(Cc2ccccc2)[C@H](C)C(=O)NC2CCCCC2)S(C)(=O)=O)c(OC)c1. The van der Waals surface area contributed by atoms with E-state index in [0.717, 1.165) is 48.2 Å². The standard InChI is InChI=1S/C27H37N3O6S/c1-20(27(32)28-22-13-9-6-10-14-22)29(18-21-11-7-5-8-12-21)26(31)19-30(37(4,33)34)24-16-15-23(35-2)17-25(24)36-3/h5,7-8,11-12,15-17,20,22H,6,9-10,13-14,18-19H2,1-4H3,(H,28,32)/t20-/m1/s1. The van der Waals surface area contributed by atoms with E-state index in [-0.39, 0.29) is 29.9 Å². The molecule has 1 aliphatic rings. The molecule has 3 rings (SSSR count). The number of anilines is 1. The van der Waals surface area contributed by atoms with Gasteiger partial charge in [0.1, 0.15) is 24.1 Å². The van der Waals surface area contributed by atoms with Gasteiger partial charge in [-0.2, -0.15) is 0 Å². The average molecular weight is 532 g/mol. The highest BCUT2D eigenvalue weighted by atomic mass is 32.2. The summed E-state index contributed by atoms with van der Waals surface area (Å²) < 4.78 is 37.3. The average Bonchev–Trinajstić information content (AvgIpc) is 2.90. The Labute approximate surface area is 219 Å². The molecule has 202 valence electrons. The van der Waals surface area contributed by atoms with Crippen LogP contribution < -0.4 is 19.1 Å². The summed E-state index contributed by atoms with van der Waals surface area (Å²) in [7, 11) is -0.966. The van der Waals surface area contributed by atoms with Crippen LogP contribution in [0.2, 0.25) is 0 Å². The number of methoxy groups -OCH3 is 2. The van der Waals surface area contributed by atoms with Crippen molar-refractivity contribution in [3.05, 3.63) is 54.1 Å². The minimum Gasteiger partial charge on any atom is -0.497 e. The number of carbonyl (C=O) groups is 2. The zero-order chi connectivity index (χ0) is 27.0. The molecule has 37 heavy (non-hydrogen) atoms. The predicted octanol–water partition coefficient (Wildman–Crippen LogP) is 3.34. The van der Waals surface area contributed by atoms with E-state index in [9.17, 15) is 18.0 Å². The quantitative estimate of drug-likeness (QED) is 0.477. The summed E-state index contributed by atoms with van der Waals surface area (Å²) in [6, 6.07) is 13.3. The first kappa shape index (κ1) is 28.3. The largest absolute Gasteiger partial charge is 0.497 e. The Kier molecular flexibility index (Phi) is 9.79. The van der Waals surface area contributed by atoms with Crippen molar-refractivity contribution in [2.24, 2.45) is 0 Å². The van der Waals surface area contributed by atoms with E-state index < -0.39 is 28.5 Å². The summed E-state index contributed by atoms with van der Waals surface area (Å²) in [5.74, 6) is -0.0167. The summed E-state index contributed by atoms with van der Waals surface area (Å²) in [6.45, 7) is 1.35. The Morgan fingerprint density at radius 3 is 2.30 bits per heavy atom. The lowest BCUT2D eigenvalue weighted by molar-refractivity contribution is -0.139. The van der Waals surface area contributed by atoms with Crippen molar-refractivity contribution < 1.29 is 27.5 Å². The highest BCUT2D eigenvalue weighted by molar-refractivity contribution is 7.92. The van der Waals surface area contributed by atoms with Gasteiger partial charge in [-0.05, 0) is 37.5 Å². The second-order valence-electron chi connectivity index (χ2n) is 9.33. The van der Waals surface area contributed by atoms with Crippen molar-refractivity contribution in [3.63, 3.8) is 0 Å². The lowest BCUT2D eigenvalue weighted by Crippen LogP contribution is -2.53. The normalized spacial score (nSPS) is 14.9. The van der Waals surface area contributed by atoms with E-state index in [1.807, 2.05) is 30.3 Å². The van der Waals surface area contributed by atoms with E-state index in [1.54, 1.807) is 19.1 Å². The number of rotatable bonds is 11. The number of nitrogens with one attached hydrogen (secondary N) is 1. The van der Waals surface area contributed by atoms with Crippen LogP contribution in [0.25, 0.3) is 0 Å². The molecule has 9 nitrogen and oxygen atoms in total. The number of benzene rings is 2. The van der Waals surface area contributed by atoms with Crippen LogP contribution in [0, 0.1) is 0 Å². The first-order valence-corrected chi connectivity index (χ1v) is 14.3. The summed E-state index contributed by atoms with van der Waals surface area (Å²) in [5.41, 5.74) is 1.04. The van der Waals surface area contributed by atoms with Gasteiger partial charge in [-0.1, -0.05) is 49.6 Å². The third-order valence-corrected chi connectivity index (χ3v) is 7.78. The third-order valence-electron chi connectivity index (χ3n) is 6.65. The van der Waals surface area contributed by atoms with E-state index in [0.29, 0.717) is 5.75 Å². The molecule has 10 heteroatoms. The number of nitrogens with zero attached hydrogens (tertiary/aromatic N) is 2. The molecule has 1 N–H and O–H groups in total. The smallest absolute Gasteiger partial charge is 0.244 e. The maximum atomic E-state index is 13.7. The number of hydrogen-bond donors (Lipinski definition) is 1. The van der Waals surface area contributed by atoms with Crippen LogP contribution in [-0.4, -0.2) is 64.2 Å². The molecule has 0 aliphatic heterocycles. The fraction of sp³-hybridized carbons (Fsp3) is 0.481. The summed E-state index contributed by atoms with van der Waals surface area (Å²) >= 11 is 0. The topological polar surface area (TPSA) is 105 Å². The molecule has 0 bridgehead atoms. The highest BCUT2D eigenvalue weighted by Crippen LogP contribution is 2.33. The van der Waals surface area contributed by atoms with E-state index >= 15 is 0 Å².